The maximum absolute atomic E-state index is 9.78. The van der Waals surface area contributed by atoms with E-state index in [1.807, 2.05) is 0 Å². The van der Waals surface area contributed by atoms with Gasteiger partial charge in [0.2, 0.25) is 0 Å². The summed E-state index contributed by atoms with van der Waals surface area (Å²) in [6.45, 7) is 4.66. The van der Waals surface area contributed by atoms with Gasteiger partial charge in [0, 0.05) is 19.4 Å². The second kappa shape index (κ2) is 22.6. The Hall–Kier alpha value is 0.270. The first-order chi connectivity index (χ1) is 13.2. The lowest BCUT2D eigenvalue weighted by Crippen LogP contribution is -2.21. The zero-order chi connectivity index (χ0) is 20.0. The van der Waals surface area contributed by atoms with Crippen molar-refractivity contribution < 1.29 is 10.2 Å². The van der Waals surface area contributed by atoms with Crippen molar-refractivity contribution in [3.05, 3.63) is 0 Å². The highest BCUT2D eigenvalue weighted by atomic mass is 32.2. The van der Waals surface area contributed by atoms with Crippen LogP contribution in [0.5, 0.6) is 0 Å². The van der Waals surface area contributed by atoms with Crippen LogP contribution >= 0.6 is 0 Å². The molecule has 0 rings (SSSR count). The van der Waals surface area contributed by atoms with Crippen LogP contribution in [0.1, 0.15) is 123 Å². The van der Waals surface area contributed by atoms with Gasteiger partial charge in [0.05, 0.1) is 6.10 Å². The first-order valence-electron chi connectivity index (χ1n) is 12.2. The number of unbranched alkanes of at least 4 members (excludes halogenated alkanes) is 13. The Morgan fingerprint density at radius 3 is 1.48 bits per heavy atom. The molecule has 3 heteroatoms. The molecule has 0 aliphatic heterocycles. The van der Waals surface area contributed by atoms with E-state index in [0.717, 1.165) is 30.8 Å². The Bertz CT molecular complexity index is 273. The molecule has 164 valence electrons. The molecule has 0 aromatic carbocycles. The molecule has 2 unspecified atom stereocenters. The number of hydrogen-bond donors (Lipinski definition) is 2. The second-order valence-electron chi connectivity index (χ2n) is 8.25. The van der Waals surface area contributed by atoms with Gasteiger partial charge in [-0.15, -0.1) is 0 Å². The van der Waals surface area contributed by atoms with E-state index in [1.54, 1.807) is 0 Å². The SMILES string of the molecule is CCCCCCCCCCCCCCCC[S+](CCCO)CCC(O)CC. The van der Waals surface area contributed by atoms with E-state index in [-0.39, 0.29) is 6.10 Å². The third kappa shape index (κ3) is 20.8. The van der Waals surface area contributed by atoms with Crippen molar-refractivity contribution in [3.8, 4) is 0 Å². The highest BCUT2D eigenvalue weighted by molar-refractivity contribution is 7.96. The Morgan fingerprint density at radius 1 is 0.593 bits per heavy atom. The van der Waals surface area contributed by atoms with Gasteiger partial charge in [0.15, 0.2) is 0 Å². The fourth-order valence-corrected chi connectivity index (χ4v) is 5.95. The van der Waals surface area contributed by atoms with E-state index in [2.05, 4.69) is 13.8 Å². The van der Waals surface area contributed by atoms with Crippen LogP contribution in [0.3, 0.4) is 0 Å². The topological polar surface area (TPSA) is 40.5 Å². The molecule has 0 heterocycles. The predicted molar refractivity (Wildman–Crippen MR) is 125 cm³/mol. The maximum Gasteiger partial charge on any atom is 0.110 e. The second-order valence-corrected chi connectivity index (χ2v) is 10.7. The molecule has 0 saturated heterocycles. The van der Waals surface area contributed by atoms with Gasteiger partial charge in [-0.3, -0.25) is 0 Å². The molecule has 2 nitrogen and oxygen atoms in total. The molecule has 0 bridgehead atoms. The number of hydrogen-bond acceptors (Lipinski definition) is 2. The molecule has 0 fully saturated rings. The van der Waals surface area contributed by atoms with Gasteiger partial charge in [-0.05, 0) is 30.2 Å². The summed E-state index contributed by atoms with van der Waals surface area (Å²) in [6.07, 6.45) is 22.5. The third-order valence-corrected chi connectivity index (χ3v) is 8.13. The zero-order valence-electron chi connectivity index (χ0n) is 18.7. The van der Waals surface area contributed by atoms with Crippen molar-refractivity contribution in [2.45, 2.75) is 129 Å². The summed E-state index contributed by atoms with van der Waals surface area (Å²) in [5, 5.41) is 18.9. The van der Waals surface area contributed by atoms with Crippen LogP contribution in [0.25, 0.3) is 0 Å². The van der Waals surface area contributed by atoms with Gasteiger partial charge in [-0.2, -0.15) is 0 Å². The fraction of sp³-hybridized carbons (Fsp3) is 1.00. The molecule has 0 aliphatic rings. The lowest BCUT2D eigenvalue weighted by Gasteiger charge is -2.11. The lowest BCUT2D eigenvalue weighted by molar-refractivity contribution is 0.167. The molecule has 0 radical (unpaired) electrons. The molecule has 27 heavy (non-hydrogen) atoms. The molecule has 0 saturated carbocycles. The van der Waals surface area contributed by atoms with Crippen LogP contribution in [-0.4, -0.2) is 40.2 Å². The van der Waals surface area contributed by atoms with Crippen LogP contribution in [0.2, 0.25) is 0 Å². The monoisotopic (exact) mass is 403 g/mol. The summed E-state index contributed by atoms with van der Waals surface area (Å²) >= 11 is 0. The van der Waals surface area contributed by atoms with Gasteiger partial charge in [-0.1, -0.05) is 90.9 Å². The molecule has 0 spiro atoms. The molecule has 0 amide bonds. The van der Waals surface area contributed by atoms with Gasteiger partial charge in [0.25, 0.3) is 0 Å². The summed E-state index contributed by atoms with van der Waals surface area (Å²) in [4.78, 5) is 0. The van der Waals surface area contributed by atoms with Crippen LogP contribution < -0.4 is 0 Å². The van der Waals surface area contributed by atoms with Crippen LogP contribution in [0.15, 0.2) is 0 Å². The molecule has 0 aromatic rings. The summed E-state index contributed by atoms with van der Waals surface area (Å²) in [5.74, 6) is 3.63. The van der Waals surface area contributed by atoms with E-state index < -0.39 is 0 Å². The van der Waals surface area contributed by atoms with E-state index in [1.165, 1.54) is 95.6 Å². The quantitative estimate of drug-likeness (QED) is 0.157. The predicted octanol–water partition coefficient (Wildman–Crippen LogP) is 6.63. The molecule has 0 aromatic heterocycles. The van der Waals surface area contributed by atoms with E-state index >= 15 is 0 Å². The smallest absolute Gasteiger partial charge is 0.110 e. The average Bonchev–Trinajstić information content (AvgIpc) is 2.69. The largest absolute Gasteiger partial charge is 0.396 e. The average molecular weight is 404 g/mol. The first kappa shape index (κ1) is 27.3. The Balaban J connectivity index is 3.42. The van der Waals surface area contributed by atoms with E-state index in [0.29, 0.717) is 17.5 Å². The number of aliphatic hydroxyl groups is 2. The summed E-state index contributed by atoms with van der Waals surface area (Å²) in [7, 11) is 0.417. The van der Waals surface area contributed by atoms with Gasteiger partial charge < -0.3 is 10.2 Å². The van der Waals surface area contributed by atoms with Crippen LogP contribution in [-0.2, 0) is 10.9 Å². The summed E-state index contributed by atoms with van der Waals surface area (Å²) in [6, 6.07) is 0. The van der Waals surface area contributed by atoms with Crippen LogP contribution in [0.4, 0.5) is 0 Å². The van der Waals surface area contributed by atoms with Crippen molar-refractivity contribution in [2.24, 2.45) is 0 Å². The molecule has 2 N–H and O–H groups in total. The number of rotatable bonds is 22. The molecular weight excluding hydrogens is 352 g/mol. The van der Waals surface area contributed by atoms with Crippen LogP contribution in [0, 0.1) is 0 Å². The Morgan fingerprint density at radius 2 is 1.04 bits per heavy atom. The van der Waals surface area contributed by atoms with Crippen molar-refractivity contribution in [2.75, 3.05) is 23.9 Å². The maximum atomic E-state index is 9.78. The number of aliphatic hydroxyl groups excluding tert-OH is 2. The van der Waals surface area contributed by atoms with Crippen molar-refractivity contribution in [1.29, 1.82) is 0 Å². The first-order valence-corrected chi connectivity index (χ1v) is 13.9. The molecular formula is C24H51O2S+. The van der Waals surface area contributed by atoms with Gasteiger partial charge >= 0.3 is 0 Å². The van der Waals surface area contributed by atoms with E-state index in [4.69, 9.17) is 5.11 Å². The normalized spacial score (nSPS) is 13.8. The summed E-state index contributed by atoms with van der Waals surface area (Å²) < 4.78 is 0. The zero-order valence-corrected chi connectivity index (χ0v) is 19.5. The van der Waals surface area contributed by atoms with Crippen molar-refractivity contribution in [3.63, 3.8) is 0 Å². The highest BCUT2D eigenvalue weighted by Gasteiger charge is 2.18. The Labute approximate surface area is 174 Å². The van der Waals surface area contributed by atoms with E-state index in [9.17, 15) is 5.11 Å². The minimum absolute atomic E-state index is 0.120. The highest BCUT2D eigenvalue weighted by Crippen LogP contribution is 2.14. The Kier molecular flexibility index (Phi) is 22.8. The standard InChI is InChI=1S/C24H51O2S/c1-3-5-6-7-8-9-10-11-12-13-14-15-16-17-21-27(22-18-20-25)23-19-24(26)4-2/h24-26H,3-23H2,1-2H3/q+1. The summed E-state index contributed by atoms with van der Waals surface area (Å²) in [5.41, 5.74) is 0. The lowest BCUT2D eigenvalue weighted by atomic mass is 10.0. The third-order valence-electron chi connectivity index (χ3n) is 5.59. The minimum Gasteiger partial charge on any atom is -0.396 e. The fourth-order valence-electron chi connectivity index (χ4n) is 3.58. The van der Waals surface area contributed by atoms with Gasteiger partial charge in [-0.25, -0.2) is 0 Å². The van der Waals surface area contributed by atoms with Crippen molar-refractivity contribution in [1.82, 2.24) is 0 Å². The minimum atomic E-state index is -0.120. The van der Waals surface area contributed by atoms with Crippen molar-refractivity contribution >= 4 is 10.9 Å². The van der Waals surface area contributed by atoms with Gasteiger partial charge in [0.1, 0.15) is 17.3 Å². The molecule has 0 aliphatic carbocycles. The molecule has 2 atom stereocenters.